The fourth-order valence-electron chi connectivity index (χ4n) is 4.10. The zero-order valence-corrected chi connectivity index (χ0v) is 30.4. The summed E-state index contributed by atoms with van der Waals surface area (Å²) >= 11 is 0. The molecule has 0 aliphatic heterocycles. The van der Waals surface area contributed by atoms with E-state index in [0.717, 1.165) is 11.4 Å². The van der Waals surface area contributed by atoms with Crippen LogP contribution >= 0.6 is 0 Å². The third kappa shape index (κ3) is 22.8. The Morgan fingerprint density at radius 2 is 1.12 bits per heavy atom. The largest absolute Gasteiger partial charge is 0.491 e. The second kappa shape index (κ2) is 30.7. The molecule has 0 bridgehead atoms. The van der Waals surface area contributed by atoms with Crippen LogP contribution in [0.3, 0.4) is 0 Å². The highest BCUT2D eigenvalue weighted by molar-refractivity contribution is 5.92. The third-order valence-electron chi connectivity index (χ3n) is 6.74. The van der Waals surface area contributed by atoms with Crippen molar-refractivity contribution in [2.45, 2.75) is 6.42 Å². The molecule has 294 valence electrons. The molecule has 3 amide bonds. The molecule has 2 aromatic rings. The predicted octanol–water partition coefficient (Wildman–Crippen LogP) is 0.478. The van der Waals surface area contributed by atoms with Crippen molar-refractivity contribution < 1.29 is 57.0 Å². The summed E-state index contributed by atoms with van der Waals surface area (Å²) in [5.74, 6) is 0.537. The van der Waals surface area contributed by atoms with Crippen LogP contribution in [0.4, 0.5) is 11.5 Å². The van der Waals surface area contributed by atoms with Crippen molar-refractivity contribution in [3.05, 3.63) is 36.3 Å². The molecule has 0 aliphatic rings. The maximum atomic E-state index is 12.2. The number of hydrogen-bond donors (Lipinski definition) is 4. The minimum atomic E-state index is -0.445. The molecule has 0 aliphatic carbocycles. The van der Waals surface area contributed by atoms with Gasteiger partial charge in [0.05, 0.1) is 106 Å². The lowest BCUT2D eigenvalue weighted by atomic mass is 10.3. The summed E-state index contributed by atoms with van der Waals surface area (Å²) in [6.07, 6.45) is 2.09. The van der Waals surface area contributed by atoms with Crippen molar-refractivity contribution in [1.29, 1.82) is 0 Å². The summed E-state index contributed by atoms with van der Waals surface area (Å²) in [5, 5.41) is 10.8. The molecule has 1 aromatic heterocycles. The monoisotopic (exact) mass is 740 g/mol. The average molecular weight is 741 g/mol. The van der Waals surface area contributed by atoms with E-state index in [9.17, 15) is 14.4 Å². The van der Waals surface area contributed by atoms with Crippen LogP contribution in [-0.4, -0.2) is 160 Å². The number of ether oxygens (including phenoxy) is 9. The van der Waals surface area contributed by atoms with Crippen molar-refractivity contribution in [3.63, 3.8) is 0 Å². The first-order valence-electron chi connectivity index (χ1n) is 17.3. The number of imidazole rings is 1. The molecule has 1 aromatic carbocycles. The van der Waals surface area contributed by atoms with E-state index in [-0.39, 0.29) is 30.5 Å². The SMILES string of the molecule is CNc1ccc(OCCOCCOCCOCCOCCOCCOCCOCCOCCNC(=O)CCNC(=O)c2nc(NC=O)cn2C)cc1. The fraction of sp³-hybridized carbons (Fsp3) is 0.647. The van der Waals surface area contributed by atoms with E-state index in [1.54, 1.807) is 7.05 Å². The van der Waals surface area contributed by atoms with Gasteiger partial charge in [-0.1, -0.05) is 0 Å². The smallest absolute Gasteiger partial charge is 0.287 e. The van der Waals surface area contributed by atoms with Gasteiger partial charge in [-0.2, -0.15) is 0 Å². The first-order valence-corrected chi connectivity index (χ1v) is 17.3. The molecule has 52 heavy (non-hydrogen) atoms. The van der Waals surface area contributed by atoms with Crippen LogP contribution in [0.1, 0.15) is 17.0 Å². The van der Waals surface area contributed by atoms with Gasteiger partial charge in [0, 0.05) is 45.5 Å². The maximum Gasteiger partial charge on any atom is 0.287 e. The number of anilines is 2. The molecular formula is C34H56N6O12. The highest BCUT2D eigenvalue weighted by Crippen LogP contribution is 2.14. The standard InChI is InChI=1S/C34H56N6O12/c1-35-29-3-5-30(6-4-29)52-26-25-51-24-23-50-22-21-49-20-19-48-18-17-47-16-15-46-14-13-45-12-11-44-10-9-36-32(42)7-8-37-34(43)33-39-31(38-28-41)27-40(33)2/h3-6,27-28,35H,7-26H2,1-2H3,(H,36,42)(H,37,43)(H,38,41). The number of benzene rings is 1. The van der Waals surface area contributed by atoms with Crippen molar-refractivity contribution in [2.24, 2.45) is 7.05 Å². The summed E-state index contributed by atoms with van der Waals surface area (Å²) in [6.45, 7) is 8.30. The Kier molecular flexibility index (Phi) is 26.2. The van der Waals surface area contributed by atoms with Crippen LogP contribution in [0.2, 0.25) is 0 Å². The van der Waals surface area contributed by atoms with Crippen LogP contribution in [0.5, 0.6) is 5.75 Å². The molecule has 0 saturated carbocycles. The van der Waals surface area contributed by atoms with Gasteiger partial charge in [0.1, 0.15) is 12.4 Å². The Morgan fingerprint density at radius 3 is 1.58 bits per heavy atom. The lowest BCUT2D eigenvalue weighted by molar-refractivity contribution is -0.121. The number of nitrogens with one attached hydrogen (secondary N) is 4. The highest BCUT2D eigenvalue weighted by atomic mass is 16.6. The van der Waals surface area contributed by atoms with E-state index in [4.69, 9.17) is 42.6 Å². The lowest BCUT2D eigenvalue weighted by Gasteiger charge is -2.09. The van der Waals surface area contributed by atoms with E-state index in [1.807, 2.05) is 31.3 Å². The molecule has 0 radical (unpaired) electrons. The first kappa shape index (κ1) is 44.3. The summed E-state index contributed by atoms with van der Waals surface area (Å²) < 4.78 is 50.9. The maximum absolute atomic E-state index is 12.2. The number of aryl methyl sites for hydroxylation is 1. The van der Waals surface area contributed by atoms with E-state index in [0.29, 0.717) is 125 Å². The van der Waals surface area contributed by atoms with Crippen LogP contribution in [0, 0.1) is 0 Å². The lowest BCUT2D eigenvalue weighted by Crippen LogP contribution is -2.33. The topological polar surface area (TPSA) is 200 Å². The molecule has 2 rings (SSSR count). The first-order chi connectivity index (χ1) is 25.5. The van der Waals surface area contributed by atoms with E-state index < -0.39 is 5.91 Å². The van der Waals surface area contributed by atoms with Gasteiger partial charge in [0.2, 0.25) is 18.1 Å². The molecule has 0 unspecified atom stereocenters. The van der Waals surface area contributed by atoms with Gasteiger partial charge in [0.25, 0.3) is 5.91 Å². The molecule has 0 atom stereocenters. The number of rotatable bonds is 35. The molecule has 1 heterocycles. The minimum Gasteiger partial charge on any atom is -0.491 e. The minimum absolute atomic E-state index is 0.106. The summed E-state index contributed by atoms with van der Waals surface area (Å²) in [6, 6.07) is 7.75. The van der Waals surface area contributed by atoms with Crippen molar-refractivity contribution in [3.8, 4) is 5.75 Å². The third-order valence-corrected chi connectivity index (χ3v) is 6.74. The van der Waals surface area contributed by atoms with Gasteiger partial charge >= 0.3 is 0 Å². The van der Waals surface area contributed by atoms with Crippen LogP contribution in [0.15, 0.2) is 30.5 Å². The van der Waals surface area contributed by atoms with Gasteiger partial charge in [-0.05, 0) is 24.3 Å². The molecule has 0 spiro atoms. The molecule has 0 fully saturated rings. The number of amides is 3. The van der Waals surface area contributed by atoms with Crippen molar-refractivity contribution in [1.82, 2.24) is 20.2 Å². The number of carbonyl (C=O) groups excluding carboxylic acids is 3. The zero-order chi connectivity index (χ0) is 37.3. The van der Waals surface area contributed by atoms with Crippen LogP contribution in [0.25, 0.3) is 0 Å². The summed E-state index contributed by atoms with van der Waals surface area (Å²) in [4.78, 5) is 38.6. The normalized spacial score (nSPS) is 11.0. The van der Waals surface area contributed by atoms with E-state index in [2.05, 4.69) is 26.3 Å². The number of hydrogen-bond acceptors (Lipinski definition) is 14. The Balaban J connectivity index is 1.21. The second-order valence-electron chi connectivity index (χ2n) is 10.7. The quantitative estimate of drug-likeness (QED) is 0.0562. The van der Waals surface area contributed by atoms with Gasteiger partial charge < -0.3 is 68.5 Å². The van der Waals surface area contributed by atoms with Crippen LogP contribution < -0.4 is 26.0 Å². The van der Waals surface area contributed by atoms with Gasteiger partial charge in [-0.25, -0.2) is 4.98 Å². The van der Waals surface area contributed by atoms with Gasteiger partial charge in [-0.3, -0.25) is 14.4 Å². The molecule has 4 N–H and O–H groups in total. The van der Waals surface area contributed by atoms with Crippen molar-refractivity contribution >= 4 is 29.7 Å². The molecular weight excluding hydrogens is 684 g/mol. The molecule has 18 nitrogen and oxygen atoms in total. The Morgan fingerprint density at radius 1 is 0.654 bits per heavy atom. The second-order valence-corrected chi connectivity index (χ2v) is 10.7. The van der Waals surface area contributed by atoms with E-state index in [1.165, 1.54) is 10.8 Å². The molecule has 18 heteroatoms. The van der Waals surface area contributed by atoms with Gasteiger partial charge in [-0.15, -0.1) is 0 Å². The van der Waals surface area contributed by atoms with Crippen LogP contribution in [-0.2, 0) is 54.5 Å². The Bertz CT molecular complexity index is 1200. The zero-order valence-electron chi connectivity index (χ0n) is 30.4. The highest BCUT2D eigenvalue weighted by Gasteiger charge is 2.14. The molecule has 0 saturated heterocycles. The fourth-order valence-corrected chi connectivity index (χ4v) is 4.10. The number of nitrogens with zero attached hydrogens (tertiary/aromatic N) is 2. The Labute approximate surface area is 305 Å². The Hall–Kier alpha value is -3.88. The summed E-state index contributed by atoms with van der Waals surface area (Å²) in [7, 11) is 3.51. The predicted molar refractivity (Wildman–Crippen MR) is 191 cm³/mol. The summed E-state index contributed by atoms with van der Waals surface area (Å²) in [5.41, 5.74) is 1.04. The van der Waals surface area contributed by atoms with Crippen molar-refractivity contribution in [2.75, 3.05) is 143 Å². The average Bonchev–Trinajstić information content (AvgIpc) is 3.52. The number of aromatic nitrogens is 2. The number of carbonyl (C=O) groups is 3. The van der Waals surface area contributed by atoms with E-state index >= 15 is 0 Å². The van der Waals surface area contributed by atoms with Gasteiger partial charge in [0.15, 0.2) is 5.82 Å².